The van der Waals surface area contributed by atoms with E-state index in [1.54, 1.807) is 12.1 Å². The number of carbonyl (C=O) groups is 1. The van der Waals surface area contributed by atoms with E-state index >= 15 is 0 Å². The Hall–Kier alpha value is -2.27. The minimum atomic E-state index is -0.908. The molecule has 3 rings (SSSR count). The summed E-state index contributed by atoms with van der Waals surface area (Å²) in [6, 6.07) is 11.2. The Balaban J connectivity index is 1.93. The maximum absolute atomic E-state index is 10.9. The van der Waals surface area contributed by atoms with E-state index in [0.29, 0.717) is 5.56 Å². The number of nitrogens with zero attached hydrogens (tertiary/aromatic N) is 1. The standard InChI is InChI=1S/C16H14N2O2S/c1-9-3-5-12-13(7-9)18-16(17-12)21-14-6-4-11(15(19)20)8-10(14)2/h3-8H,1-2H3,(H,17,18)(H,19,20). The summed E-state index contributed by atoms with van der Waals surface area (Å²) in [7, 11) is 0. The SMILES string of the molecule is Cc1ccc2nc(Sc3ccc(C(=O)O)cc3C)[nH]c2c1. The summed E-state index contributed by atoms with van der Waals surface area (Å²) >= 11 is 1.51. The van der Waals surface area contributed by atoms with Gasteiger partial charge < -0.3 is 10.1 Å². The van der Waals surface area contributed by atoms with Crippen LogP contribution in [0.1, 0.15) is 21.5 Å². The molecule has 5 heteroatoms. The largest absolute Gasteiger partial charge is 0.478 e. The molecule has 0 amide bonds. The molecule has 0 fully saturated rings. The van der Waals surface area contributed by atoms with Gasteiger partial charge in [0.15, 0.2) is 5.16 Å². The summed E-state index contributed by atoms with van der Waals surface area (Å²) < 4.78 is 0. The summed E-state index contributed by atoms with van der Waals surface area (Å²) in [6.07, 6.45) is 0. The monoisotopic (exact) mass is 298 g/mol. The highest BCUT2D eigenvalue weighted by molar-refractivity contribution is 7.99. The number of nitrogens with one attached hydrogen (secondary N) is 1. The number of carboxylic acid groups (broad SMARTS) is 1. The van der Waals surface area contributed by atoms with E-state index in [4.69, 9.17) is 5.11 Å². The highest BCUT2D eigenvalue weighted by Crippen LogP contribution is 2.30. The average molecular weight is 298 g/mol. The number of aromatic nitrogens is 2. The number of imidazole rings is 1. The lowest BCUT2D eigenvalue weighted by atomic mass is 10.1. The zero-order valence-electron chi connectivity index (χ0n) is 11.7. The van der Waals surface area contributed by atoms with Gasteiger partial charge in [0.1, 0.15) is 0 Å². The molecule has 21 heavy (non-hydrogen) atoms. The number of hydrogen-bond donors (Lipinski definition) is 2. The molecular formula is C16H14N2O2S. The quantitative estimate of drug-likeness (QED) is 0.766. The number of hydrogen-bond acceptors (Lipinski definition) is 3. The highest BCUT2D eigenvalue weighted by Gasteiger charge is 2.09. The van der Waals surface area contributed by atoms with Gasteiger partial charge in [-0.2, -0.15) is 0 Å². The number of rotatable bonds is 3. The summed E-state index contributed by atoms with van der Waals surface area (Å²) in [5, 5.41) is 9.79. The molecular weight excluding hydrogens is 284 g/mol. The Labute approximate surface area is 126 Å². The first-order chi connectivity index (χ1) is 10.0. The second-order valence-electron chi connectivity index (χ2n) is 4.95. The molecule has 0 aliphatic carbocycles. The van der Waals surface area contributed by atoms with Crippen LogP contribution < -0.4 is 0 Å². The fraction of sp³-hybridized carbons (Fsp3) is 0.125. The number of aryl methyl sites for hydroxylation is 2. The van der Waals surface area contributed by atoms with Crippen molar-refractivity contribution in [2.75, 3.05) is 0 Å². The van der Waals surface area contributed by atoms with Crippen LogP contribution >= 0.6 is 11.8 Å². The maximum atomic E-state index is 10.9. The second-order valence-corrected chi connectivity index (χ2v) is 5.98. The van der Waals surface area contributed by atoms with Gasteiger partial charge in [0.25, 0.3) is 0 Å². The Bertz CT molecular complexity index is 839. The van der Waals surface area contributed by atoms with Gasteiger partial charge in [-0.05, 0) is 55.3 Å². The number of aromatic carboxylic acids is 1. The number of benzene rings is 2. The van der Waals surface area contributed by atoms with E-state index in [-0.39, 0.29) is 0 Å². The third kappa shape index (κ3) is 2.78. The molecule has 3 aromatic rings. The van der Waals surface area contributed by atoms with Gasteiger partial charge in [-0.1, -0.05) is 17.8 Å². The maximum Gasteiger partial charge on any atom is 0.335 e. The summed E-state index contributed by atoms with van der Waals surface area (Å²) in [5.41, 5.74) is 4.36. The molecule has 0 aliphatic rings. The van der Waals surface area contributed by atoms with E-state index < -0.39 is 5.97 Å². The van der Waals surface area contributed by atoms with Crippen molar-refractivity contribution in [3.8, 4) is 0 Å². The van der Waals surface area contributed by atoms with Crippen LogP contribution in [0.4, 0.5) is 0 Å². The van der Waals surface area contributed by atoms with Gasteiger partial charge in [-0.3, -0.25) is 0 Å². The molecule has 0 spiro atoms. The minimum absolute atomic E-state index is 0.303. The van der Waals surface area contributed by atoms with Crippen LogP contribution in [-0.2, 0) is 0 Å². The van der Waals surface area contributed by atoms with Crippen LogP contribution in [0, 0.1) is 13.8 Å². The van der Waals surface area contributed by atoms with Crippen molar-refractivity contribution in [1.29, 1.82) is 0 Å². The highest BCUT2D eigenvalue weighted by atomic mass is 32.2. The van der Waals surface area contributed by atoms with Crippen molar-refractivity contribution in [2.45, 2.75) is 23.9 Å². The summed E-state index contributed by atoms with van der Waals surface area (Å²) in [5.74, 6) is -0.908. The van der Waals surface area contributed by atoms with Crippen LogP contribution in [-0.4, -0.2) is 21.0 Å². The fourth-order valence-electron chi connectivity index (χ4n) is 2.15. The van der Waals surface area contributed by atoms with Crippen molar-refractivity contribution in [2.24, 2.45) is 0 Å². The van der Waals surface area contributed by atoms with E-state index in [1.807, 2.05) is 32.0 Å². The molecule has 2 aromatic carbocycles. The van der Waals surface area contributed by atoms with Crippen LogP contribution in [0.15, 0.2) is 46.5 Å². The molecule has 106 valence electrons. The lowest BCUT2D eigenvalue weighted by Gasteiger charge is -2.04. The molecule has 4 nitrogen and oxygen atoms in total. The minimum Gasteiger partial charge on any atom is -0.478 e. The Morgan fingerprint density at radius 3 is 2.71 bits per heavy atom. The first-order valence-electron chi connectivity index (χ1n) is 6.51. The molecule has 2 N–H and O–H groups in total. The predicted molar refractivity (Wildman–Crippen MR) is 83.1 cm³/mol. The molecule has 0 aliphatic heterocycles. The smallest absolute Gasteiger partial charge is 0.335 e. The molecule has 0 radical (unpaired) electrons. The third-order valence-electron chi connectivity index (χ3n) is 3.24. The van der Waals surface area contributed by atoms with E-state index in [1.165, 1.54) is 17.3 Å². The van der Waals surface area contributed by atoms with Gasteiger partial charge in [-0.15, -0.1) is 0 Å². The van der Waals surface area contributed by atoms with Crippen molar-refractivity contribution in [3.63, 3.8) is 0 Å². The van der Waals surface area contributed by atoms with Crippen molar-refractivity contribution >= 4 is 28.8 Å². The number of fused-ring (bicyclic) bond motifs is 1. The number of carboxylic acids is 1. The summed E-state index contributed by atoms with van der Waals surface area (Å²) in [4.78, 5) is 19.8. The molecule has 0 unspecified atom stereocenters. The second kappa shape index (κ2) is 5.26. The molecule has 0 saturated heterocycles. The number of H-pyrrole nitrogens is 1. The molecule has 0 atom stereocenters. The van der Waals surface area contributed by atoms with Crippen LogP contribution in [0.2, 0.25) is 0 Å². The average Bonchev–Trinajstić information content (AvgIpc) is 2.82. The zero-order valence-corrected chi connectivity index (χ0v) is 12.5. The molecule has 0 saturated carbocycles. The lowest BCUT2D eigenvalue weighted by molar-refractivity contribution is 0.0696. The van der Waals surface area contributed by atoms with Gasteiger partial charge in [0.2, 0.25) is 0 Å². The van der Waals surface area contributed by atoms with Crippen molar-refractivity contribution < 1.29 is 9.90 Å². The lowest BCUT2D eigenvalue weighted by Crippen LogP contribution is -1.96. The molecule has 0 bridgehead atoms. The summed E-state index contributed by atoms with van der Waals surface area (Å²) in [6.45, 7) is 3.95. The first kappa shape index (κ1) is 13.7. The zero-order chi connectivity index (χ0) is 15.0. The van der Waals surface area contributed by atoms with E-state index in [0.717, 1.165) is 26.6 Å². The fourth-order valence-corrected chi connectivity index (χ4v) is 3.02. The Morgan fingerprint density at radius 2 is 2.00 bits per heavy atom. The predicted octanol–water partition coefficient (Wildman–Crippen LogP) is 4.03. The number of aromatic amines is 1. The van der Waals surface area contributed by atoms with Crippen LogP contribution in [0.25, 0.3) is 11.0 Å². The van der Waals surface area contributed by atoms with Crippen LogP contribution in [0.5, 0.6) is 0 Å². The normalized spacial score (nSPS) is 11.0. The van der Waals surface area contributed by atoms with Crippen molar-refractivity contribution in [1.82, 2.24) is 9.97 Å². The van der Waals surface area contributed by atoms with Crippen LogP contribution in [0.3, 0.4) is 0 Å². The third-order valence-corrected chi connectivity index (χ3v) is 4.31. The van der Waals surface area contributed by atoms with Gasteiger partial charge in [0, 0.05) is 4.90 Å². The Kier molecular flexibility index (Phi) is 3.43. The van der Waals surface area contributed by atoms with Crippen molar-refractivity contribution in [3.05, 3.63) is 53.1 Å². The first-order valence-corrected chi connectivity index (χ1v) is 7.33. The van der Waals surface area contributed by atoms with E-state index in [2.05, 4.69) is 16.0 Å². The Morgan fingerprint density at radius 1 is 1.19 bits per heavy atom. The van der Waals surface area contributed by atoms with E-state index in [9.17, 15) is 4.79 Å². The van der Waals surface area contributed by atoms with Gasteiger partial charge in [-0.25, -0.2) is 9.78 Å². The van der Waals surface area contributed by atoms with Gasteiger partial charge in [0.05, 0.1) is 16.6 Å². The molecule has 1 heterocycles. The van der Waals surface area contributed by atoms with Gasteiger partial charge >= 0.3 is 5.97 Å². The molecule has 1 aromatic heterocycles. The topological polar surface area (TPSA) is 66.0 Å².